The van der Waals surface area contributed by atoms with E-state index in [0.29, 0.717) is 12.1 Å². The standard InChI is InChI=1S/C17H18FNO/c18-15-9-3-7-13(17(15)20)11-19-16-10-4-6-12-5-1-2-8-14(12)16/h3-4,6-7,9-10,19-20H,1-2,5,8,11H2. The molecule has 104 valence electrons. The molecule has 0 fully saturated rings. The van der Waals surface area contributed by atoms with E-state index >= 15 is 0 Å². The SMILES string of the molecule is Oc1c(F)cccc1CNc1cccc2c1CCCC2. The fraction of sp³-hybridized carbons (Fsp3) is 0.294. The van der Waals surface area contributed by atoms with Crippen LogP contribution < -0.4 is 5.32 Å². The summed E-state index contributed by atoms with van der Waals surface area (Å²) in [5.41, 5.74) is 4.46. The minimum Gasteiger partial charge on any atom is -0.505 e. The summed E-state index contributed by atoms with van der Waals surface area (Å²) in [5.74, 6) is -0.829. The first-order valence-corrected chi connectivity index (χ1v) is 7.06. The van der Waals surface area contributed by atoms with Gasteiger partial charge in [-0.2, -0.15) is 0 Å². The van der Waals surface area contributed by atoms with Gasteiger partial charge in [-0.05, 0) is 48.9 Å². The van der Waals surface area contributed by atoms with Gasteiger partial charge in [0, 0.05) is 17.8 Å². The summed E-state index contributed by atoms with van der Waals surface area (Å²) in [6.45, 7) is 0.431. The first-order valence-electron chi connectivity index (χ1n) is 7.06. The summed E-state index contributed by atoms with van der Waals surface area (Å²) >= 11 is 0. The van der Waals surface area contributed by atoms with Gasteiger partial charge in [-0.25, -0.2) is 4.39 Å². The van der Waals surface area contributed by atoms with Crippen LogP contribution in [0.2, 0.25) is 0 Å². The molecule has 0 saturated carbocycles. The lowest BCUT2D eigenvalue weighted by atomic mass is 9.90. The normalized spacial score (nSPS) is 13.8. The number of phenols is 1. The van der Waals surface area contributed by atoms with Crippen molar-refractivity contribution in [2.75, 3.05) is 5.32 Å². The van der Waals surface area contributed by atoms with E-state index in [4.69, 9.17) is 0 Å². The molecule has 0 amide bonds. The average molecular weight is 271 g/mol. The zero-order valence-corrected chi connectivity index (χ0v) is 11.3. The smallest absolute Gasteiger partial charge is 0.165 e. The van der Waals surface area contributed by atoms with Gasteiger partial charge < -0.3 is 10.4 Å². The third kappa shape index (κ3) is 2.48. The van der Waals surface area contributed by atoms with Crippen LogP contribution in [0.15, 0.2) is 36.4 Å². The van der Waals surface area contributed by atoms with Crippen LogP contribution in [0.25, 0.3) is 0 Å². The molecule has 2 nitrogen and oxygen atoms in total. The van der Waals surface area contributed by atoms with E-state index in [0.717, 1.165) is 18.5 Å². The summed E-state index contributed by atoms with van der Waals surface area (Å²) < 4.78 is 13.3. The number of aryl methyl sites for hydroxylation is 1. The molecule has 2 aromatic carbocycles. The maximum atomic E-state index is 13.3. The van der Waals surface area contributed by atoms with Crippen molar-refractivity contribution in [2.24, 2.45) is 0 Å². The summed E-state index contributed by atoms with van der Waals surface area (Å²) in [5, 5.41) is 13.0. The lowest BCUT2D eigenvalue weighted by Gasteiger charge is -2.20. The van der Waals surface area contributed by atoms with Crippen molar-refractivity contribution in [1.29, 1.82) is 0 Å². The monoisotopic (exact) mass is 271 g/mol. The second kappa shape index (κ2) is 5.53. The Bertz CT molecular complexity index is 624. The average Bonchev–Trinajstić information content (AvgIpc) is 2.49. The van der Waals surface area contributed by atoms with E-state index in [1.807, 2.05) is 0 Å². The molecular weight excluding hydrogens is 253 g/mol. The third-order valence-corrected chi connectivity index (χ3v) is 3.94. The molecule has 0 bridgehead atoms. The number of phenolic OH excluding ortho intramolecular Hbond substituents is 1. The van der Waals surface area contributed by atoms with Crippen LogP contribution >= 0.6 is 0 Å². The largest absolute Gasteiger partial charge is 0.505 e. The second-order valence-electron chi connectivity index (χ2n) is 5.25. The van der Waals surface area contributed by atoms with Crippen LogP contribution in [0, 0.1) is 5.82 Å². The van der Waals surface area contributed by atoms with Gasteiger partial charge in [0.2, 0.25) is 0 Å². The number of halogens is 1. The number of hydrogen-bond acceptors (Lipinski definition) is 2. The van der Waals surface area contributed by atoms with Gasteiger partial charge in [-0.1, -0.05) is 24.3 Å². The van der Waals surface area contributed by atoms with Crippen molar-refractivity contribution >= 4 is 5.69 Å². The van der Waals surface area contributed by atoms with E-state index in [-0.39, 0.29) is 5.75 Å². The topological polar surface area (TPSA) is 32.3 Å². The van der Waals surface area contributed by atoms with E-state index in [1.54, 1.807) is 12.1 Å². The zero-order valence-electron chi connectivity index (χ0n) is 11.3. The molecular formula is C17H18FNO. The maximum absolute atomic E-state index is 13.3. The van der Waals surface area contributed by atoms with E-state index in [2.05, 4.69) is 23.5 Å². The third-order valence-electron chi connectivity index (χ3n) is 3.94. The van der Waals surface area contributed by atoms with Crippen LogP contribution in [0.1, 0.15) is 29.5 Å². The Morgan fingerprint density at radius 1 is 1.05 bits per heavy atom. The van der Waals surface area contributed by atoms with Crippen LogP contribution in [0.3, 0.4) is 0 Å². The van der Waals surface area contributed by atoms with Gasteiger partial charge in [0.25, 0.3) is 0 Å². The van der Waals surface area contributed by atoms with E-state index < -0.39 is 5.82 Å². The fourth-order valence-corrected chi connectivity index (χ4v) is 2.84. The van der Waals surface area contributed by atoms with Gasteiger partial charge in [0.05, 0.1) is 0 Å². The Morgan fingerprint density at radius 2 is 1.85 bits per heavy atom. The number of nitrogens with one attached hydrogen (secondary N) is 1. The second-order valence-corrected chi connectivity index (χ2v) is 5.25. The first-order chi connectivity index (χ1) is 9.75. The molecule has 3 rings (SSSR count). The molecule has 1 aliphatic rings. The lowest BCUT2D eigenvalue weighted by Crippen LogP contribution is -2.08. The summed E-state index contributed by atoms with van der Waals surface area (Å²) in [7, 11) is 0. The van der Waals surface area contributed by atoms with Crippen molar-refractivity contribution in [2.45, 2.75) is 32.2 Å². The number of anilines is 1. The Hall–Kier alpha value is -2.03. The molecule has 0 spiro atoms. The highest BCUT2D eigenvalue weighted by atomic mass is 19.1. The number of hydrogen-bond donors (Lipinski definition) is 2. The highest BCUT2D eigenvalue weighted by Gasteiger charge is 2.13. The fourth-order valence-electron chi connectivity index (χ4n) is 2.84. The van der Waals surface area contributed by atoms with Crippen LogP contribution in [0.5, 0.6) is 5.75 Å². The van der Waals surface area contributed by atoms with Gasteiger partial charge in [0.15, 0.2) is 11.6 Å². The van der Waals surface area contributed by atoms with Crippen molar-refractivity contribution < 1.29 is 9.50 Å². The Morgan fingerprint density at radius 3 is 2.75 bits per heavy atom. The molecule has 3 heteroatoms. The molecule has 0 unspecified atom stereocenters. The molecule has 2 N–H and O–H groups in total. The van der Waals surface area contributed by atoms with Gasteiger partial charge >= 0.3 is 0 Å². The number of para-hydroxylation sites is 1. The molecule has 0 saturated heterocycles. The minimum absolute atomic E-state index is 0.259. The number of aromatic hydroxyl groups is 1. The summed E-state index contributed by atoms with van der Waals surface area (Å²) in [6, 6.07) is 10.9. The molecule has 0 aliphatic heterocycles. The molecule has 0 radical (unpaired) electrons. The van der Waals surface area contributed by atoms with Gasteiger partial charge in [-0.3, -0.25) is 0 Å². The highest BCUT2D eigenvalue weighted by Crippen LogP contribution is 2.29. The predicted octanol–water partition coefficient (Wildman–Crippen LogP) is 4.02. The van der Waals surface area contributed by atoms with Crippen molar-refractivity contribution in [3.05, 3.63) is 58.9 Å². The van der Waals surface area contributed by atoms with Gasteiger partial charge in [-0.15, -0.1) is 0 Å². The zero-order chi connectivity index (χ0) is 13.9. The molecule has 1 aliphatic carbocycles. The molecule has 0 heterocycles. The van der Waals surface area contributed by atoms with Crippen molar-refractivity contribution in [3.63, 3.8) is 0 Å². The summed E-state index contributed by atoms with van der Waals surface area (Å²) in [4.78, 5) is 0. The van der Waals surface area contributed by atoms with Crippen molar-refractivity contribution in [1.82, 2.24) is 0 Å². The van der Waals surface area contributed by atoms with Crippen LogP contribution in [-0.4, -0.2) is 5.11 Å². The number of benzene rings is 2. The van der Waals surface area contributed by atoms with Crippen molar-refractivity contribution in [3.8, 4) is 5.75 Å². The quantitative estimate of drug-likeness (QED) is 0.883. The number of rotatable bonds is 3. The predicted molar refractivity (Wildman–Crippen MR) is 78.5 cm³/mol. The Balaban J connectivity index is 1.80. The van der Waals surface area contributed by atoms with Crippen LogP contribution in [-0.2, 0) is 19.4 Å². The van der Waals surface area contributed by atoms with Gasteiger partial charge in [0.1, 0.15) is 0 Å². The van der Waals surface area contributed by atoms with Crippen LogP contribution in [0.4, 0.5) is 10.1 Å². The molecule has 0 atom stereocenters. The first kappa shape index (κ1) is 13.0. The summed E-state index contributed by atoms with van der Waals surface area (Å²) in [6.07, 6.45) is 4.70. The highest BCUT2D eigenvalue weighted by molar-refractivity contribution is 5.56. The molecule has 20 heavy (non-hydrogen) atoms. The lowest BCUT2D eigenvalue weighted by molar-refractivity contribution is 0.427. The van der Waals surface area contributed by atoms with E-state index in [1.165, 1.54) is 30.0 Å². The molecule has 2 aromatic rings. The maximum Gasteiger partial charge on any atom is 0.165 e. The molecule has 0 aromatic heterocycles. The van der Waals surface area contributed by atoms with E-state index in [9.17, 15) is 9.50 Å². The minimum atomic E-state index is -0.570. The number of fused-ring (bicyclic) bond motifs is 1. The Kier molecular flexibility index (Phi) is 3.59. The Labute approximate surface area is 118 Å².